The van der Waals surface area contributed by atoms with Crippen LogP contribution in [0.25, 0.3) is 16.5 Å². The molecule has 0 aliphatic carbocycles. The van der Waals surface area contributed by atoms with Crippen molar-refractivity contribution in [2.45, 2.75) is 18.8 Å². The highest BCUT2D eigenvalue weighted by atomic mass is 19.4. The fraction of sp³-hybridized carbons (Fsp3) is 0.158. The standard InChI is InChI=1S/C19H14F3NO/c1-12-7-8-14-10-17-15(13-5-3-2-4-6-13)11-18(24,19(20,21)22)23(17)16(14)9-12/h2-11,24H,1H3. The summed E-state index contributed by atoms with van der Waals surface area (Å²) >= 11 is 0. The SMILES string of the molecule is Cc1ccc2cc3n(c2c1)C(O)(C(F)(F)F)C=C3c1ccccc1. The van der Waals surface area contributed by atoms with E-state index < -0.39 is 11.9 Å². The summed E-state index contributed by atoms with van der Waals surface area (Å²) in [7, 11) is 0. The lowest BCUT2D eigenvalue weighted by Gasteiger charge is -2.27. The Labute approximate surface area is 136 Å². The van der Waals surface area contributed by atoms with Crippen molar-refractivity contribution in [2.24, 2.45) is 0 Å². The van der Waals surface area contributed by atoms with Crippen molar-refractivity contribution in [3.8, 4) is 0 Å². The Morgan fingerprint density at radius 1 is 1.00 bits per heavy atom. The van der Waals surface area contributed by atoms with Gasteiger partial charge in [0.15, 0.2) is 0 Å². The normalized spacial score (nSPS) is 20.3. The predicted molar refractivity (Wildman–Crippen MR) is 86.4 cm³/mol. The average Bonchev–Trinajstić information content (AvgIpc) is 3.04. The van der Waals surface area contributed by atoms with Gasteiger partial charge in [-0.25, -0.2) is 0 Å². The summed E-state index contributed by atoms with van der Waals surface area (Å²) < 4.78 is 42.1. The summed E-state index contributed by atoms with van der Waals surface area (Å²) in [4.78, 5) is 0. The molecule has 0 radical (unpaired) electrons. The van der Waals surface area contributed by atoms with Crippen molar-refractivity contribution in [3.05, 3.63) is 77.5 Å². The largest absolute Gasteiger partial charge is 0.441 e. The first kappa shape index (κ1) is 15.0. The first-order valence-corrected chi connectivity index (χ1v) is 7.51. The highest BCUT2D eigenvalue weighted by Crippen LogP contribution is 2.48. The first-order valence-electron chi connectivity index (χ1n) is 7.51. The van der Waals surface area contributed by atoms with Gasteiger partial charge in [0, 0.05) is 11.0 Å². The van der Waals surface area contributed by atoms with Gasteiger partial charge in [0.1, 0.15) is 0 Å². The van der Waals surface area contributed by atoms with Crippen LogP contribution < -0.4 is 0 Å². The van der Waals surface area contributed by atoms with Gasteiger partial charge in [-0.3, -0.25) is 0 Å². The summed E-state index contributed by atoms with van der Waals surface area (Å²) in [6.07, 6.45) is -3.92. The first-order chi connectivity index (χ1) is 11.3. The molecule has 24 heavy (non-hydrogen) atoms. The van der Waals surface area contributed by atoms with Gasteiger partial charge >= 0.3 is 6.18 Å². The number of aromatic nitrogens is 1. The molecule has 0 amide bonds. The lowest BCUT2D eigenvalue weighted by Crippen LogP contribution is -2.44. The Hall–Kier alpha value is -2.53. The van der Waals surface area contributed by atoms with E-state index in [2.05, 4.69) is 0 Å². The minimum atomic E-state index is -4.83. The highest BCUT2D eigenvalue weighted by Gasteiger charge is 2.58. The molecular weight excluding hydrogens is 315 g/mol. The Morgan fingerprint density at radius 2 is 1.71 bits per heavy atom. The number of aliphatic hydroxyl groups is 1. The molecule has 3 aromatic rings. The molecule has 1 aliphatic rings. The van der Waals surface area contributed by atoms with Crippen LogP contribution >= 0.6 is 0 Å². The second-order valence-electron chi connectivity index (χ2n) is 6.08. The van der Waals surface area contributed by atoms with Crippen LogP contribution in [-0.4, -0.2) is 15.8 Å². The maximum Gasteiger partial charge on any atom is 0.441 e. The van der Waals surface area contributed by atoms with Crippen LogP contribution in [-0.2, 0) is 5.72 Å². The quantitative estimate of drug-likeness (QED) is 0.693. The van der Waals surface area contributed by atoms with E-state index in [9.17, 15) is 18.3 Å². The van der Waals surface area contributed by atoms with Gasteiger partial charge in [0.25, 0.3) is 5.72 Å². The van der Waals surface area contributed by atoms with E-state index in [1.807, 2.05) is 13.0 Å². The smallest absolute Gasteiger partial charge is 0.360 e. The fourth-order valence-electron chi connectivity index (χ4n) is 3.27. The Morgan fingerprint density at radius 3 is 2.38 bits per heavy atom. The average molecular weight is 329 g/mol. The van der Waals surface area contributed by atoms with E-state index in [0.29, 0.717) is 27.7 Å². The molecule has 5 heteroatoms. The molecule has 0 saturated heterocycles. The Balaban J connectivity index is 2.08. The lowest BCUT2D eigenvalue weighted by molar-refractivity contribution is -0.272. The fourth-order valence-corrected chi connectivity index (χ4v) is 3.27. The third-order valence-electron chi connectivity index (χ3n) is 4.42. The zero-order chi connectivity index (χ0) is 17.1. The van der Waals surface area contributed by atoms with E-state index in [0.717, 1.165) is 16.2 Å². The van der Waals surface area contributed by atoms with Crippen LogP contribution in [0.4, 0.5) is 13.2 Å². The van der Waals surface area contributed by atoms with Gasteiger partial charge in [-0.1, -0.05) is 42.5 Å². The topological polar surface area (TPSA) is 25.2 Å². The number of aryl methyl sites for hydroxylation is 1. The molecule has 1 atom stereocenters. The number of hydrogen-bond acceptors (Lipinski definition) is 1. The minimum Gasteiger partial charge on any atom is -0.360 e. The molecule has 0 bridgehead atoms. The second kappa shape index (κ2) is 4.74. The molecule has 0 spiro atoms. The summed E-state index contributed by atoms with van der Waals surface area (Å²) in [6, 6.07) is 15.8. The van der Waals surface area contributed by atoms with Gasteiger partial charge in [-0.15, -0.1) is 0 Å². The molecule has 122 valence electrons. The molecule has 1 aliphatic heterocycles. The molecule has 0 saturated carbocycles. The monoisotopic (exact) mass is 329 g/mol. The second-order valence-corrected chi connectivity index (χ2v) is 6.08. The number of fused-ring (bicyclic) bond motifs is 3. The zero-order valence-corrected chi connectivity index (χ0v) is 12.8. The number of alkyl halides is 3. The van der Waals surface area contributed by atoms with Crippen LogP contribution in [0.1, 0.15) is 16.8 Å². The van der Waals surface area contributed by atoms with Crippen LogP contribution in [0.15, 0.2) is 60.7 Å². The van der Waals surface area contributed by atoms with Crippen molar-refractivity contribution in [1.29, 1.82) is 0 Å². The van der Waals surface area contributed by atoms with Gasteiger partial charge in [0.2, 0.25) is 0 Å². The molecule has 1 N–H and O–H groups in total. The van der Waals surface area contributed by atoms with E-state index in [1.54, 1.807) is 48.5 Å². The molecule has 1 unspecified atom stereocenters. The van der Waals surface area contributed by atoms with Crippen molar-refractivity contribution in [3.63, 3.8) is 0 Å². The summed E-state index contributed by atoms with van der Waals surface area (Å²) in [5.74, 6) is 0. The maximum atomic E-state index is 13.7. The molecule has 2 aromatic carbocycles. The molecular formula is C19H14F3NO. The van der Waals surface area contributed by atoms with Gasteiger partial charge in [-0.05, 0) is 36.3 Å². The molecule has 4 rings (SSSR count). The van der Waals surface area contributed by atoms with Crippen LogP contribution in [0.5, 0.6) is 0 Å². The number of benzene rings is 2. The summed E-state index contributed by atoms with van der Waals surface area (Å²) in [5.41, 5.74) is -0.472. The van der Waals surface area contributed by atoms with E-state index in [-0.39, 0.29) is 0 Å². The number of rotatable bonds is 1. The summed E-state index contributed by atoms with van der Waals surface area (Å²) in [5, 5.41) is 11.2. The Kier molecular flexibility index (Phi) is 2.97. The van der Waals surface area contributed by atoms with Gasteiger partial charge in [-0.2, -0.15) is 13.2 Å². The van der Waals surface area contributed by atoms with Crippen LogP contribution in [0, 0.1) is 6.92 Å². The lowest BCUT2D eigenvalue weighted by atomic mass is 10.0. The zero-order valence-electron chi connectivity index (χ0n) is 12.8. The predicted octanol–water partition coefficient (Wildman–Crippen LogP) is 4.60. The number of nitrogens with zero attached hydrogens (tertiary/aromatic N) is 1. The van der Waals surface area contributed by atoms with E-state index in [4.69, 9.17) is 0 Å². The van der Waals surface area contributed by atoms with Gasteiger partial charge in [0.05, 0.1) is 11.2 Å². The van der Waals surface area contributed by atoms with Gasteiger partial charge < -0.3 is 9.67 Å². The van der Waals surface area contributed by atoms with Crippen molar-refractivity contribution < 1.29 is 18.3 Å². The third kappa shape index (κ3) is 1.94. The number of hydrogen-bond donors (Lipinski definition) is 1. The molecule has 0 fully saturated rings. The van der Waals surface area contributed by atoms with Crippen LogP contribution in [0.2, 0.25) is 0 Å². The summed E-state index contributed by atoms with van der Waals surface area (Å²) in [6.45, 7) is 1.81. The van der Waals surface area contributed by atoms with E-state index in [1.165, 1.54) is 0 Å². The third-order valence-corrected chi connectivity index (χ3v) is 4.42. The molecule has 2 nitrogen and oxygen atoms in total. The van der Waals surface area contributed by atoms with Crippen molar-refractivity contribution in [1.82, 2.24) is 4.57 Å². The molecule has 1 aromatic heterocycles. The van der Waals surface area contributed by atoms with E-state index >= 15 is 0 Å². The van der Waals surface area contributed by atoms with Crippen molar-refractivity contribution >= 4 is 16.5 Å². The molecule has 2 heterocycles. The number of halogens is 3. The minimum absolute atomic E-state index is 0.363. The van der Waals surface area contributed by atoms with Crippen LogP contribution in [0.3, 0.4) is 0 Å². The maximum absolute atomic E-state index is 13.7. The van der Waals surface area contributed by atoms with Crippen molar-refractivity contribution in [2.75, 3.05) is 0 Å². The Bertz CT molecular complexity index is 969. The highest BCUT2D eigenvalue weighted by molar-refractivity contribution is 5.92.